The van der Waals surface area contributed by atoms with Crippen molar-refractivity contribution in [2.45, 2.75) is 18.5 Å². The number of carboxylic acid groups (broad SMARTS) is 1. The van der Waals surface area contributed by atoms with E-state index in [2.05, 4.69) is 10.2 Å². The maximum atomic E-state index is 10.3. The predicted octanol–water partition coefficient (Wildman–Crippen LogP) is -0.279. The minimum atomic E-state index is -0.855. The van der Waals surface area contributed by atoms with Crippen LogP contribution < -0.4 is 5.32 Å². The molecule has 0 aromatic carbocycles. The van der Waals surface area contributed by atoms with Crippen LogP contribution in [-0.4, -0.2) is 29.7 Å². The monoisotopic (exact) mass is 140 g/mol. The lowest BCUT2D eigenvalue weighted by Gasteiger charge is -1.98. The highest BCUT2D eigenvalue weighted by molar-refractivity contribution is 5.74. The van der Waals surface area contributed by atoms with Crippen molar-refractivity contribution in [1.29, 1.82) is 0 Å². The van der Waals surface area contributed by atoms with Crippen molar-refractivity contribution >= 4 is 5.97 Å². The number of rotatable bonds is 1. The molecular formula is C6H8N2O2. The Morgan fingerprint density at radius 2 is 2.50 bits per heavy atom. The highest BCUT2D eigenvalue weighted by atomic mass is 16.4. The fraction of sp³-hybridized carbons (Fsp3) is 0.667. The molecule has 0 radical (unpaired) electrons. The molecule has 1 saturated heterocycles. The van der Waals surface area contributed by atoms with Gasteiger partial charge in [0.1, 0.15) is 6.04 Å². The lowest BCUT2D eigenvalue weighted by molar-refractivity contribution is -0.139. The number of nitrogens with one attached hydrogen (secondary N) is 1. The van der Waals surface area contributed by atoms with Crippen LogP contribution in [-0.2, 0) is 4.79 Å². The molecule has 0 bridgehead atoms. The van der Waals surface area contributed by atoms with Crippen molar-refractivity contribution in [2.75, 3.05) is 6.54 Å². The molecule has 0 spiro atoms. The molecule has 0 amide bonds. The standard InChI is InChI=1S/C6H8N2O2/c1-7-4-2-5(6(9)10)8-3-4/h4-5,8H,2-3H2,(H,9,10)/t4-,5+/m1/s1. The Hall–Kier alpha value is -1.08. The largest absolute Gasteiger partial charge is 0.480 e. The summed E-state index contributed by atoms with van der Waals surface area (Å²) in [5, 5.41) is 11.2. The molecule has 1 fully saturated rings. The third-order valence-corrected chi connectivity index (χ3v) is 1.59. The molecular weight excluding hydrogens is 132 g/mol. The first-order chi connectivity index (χ1) is 4.74. The van der Waals surface area contributed by atoms with Crippen molar-refractivity contribution in [3.63, 3.8) is 0 Å². The van der Waals surface area contributed by atoms with Gasteiger partial charge in [0.15, 0.2) is 0 Å². The van der Waals surface area contributed by atoms with Crippen LogP contribution in [0.3, 0.4) is 0 Å². The van der Waals surface area contributed by atoms with E-state index < -0.39 is 12.0 Å². The van der Waals surface area contributed by atoms with Crippen molar-refractivity contribution < 1.29 is 9.90 Å². The lowest BCUT2D eigenvalue weighted by Crippen LogP contribution is -2.29. The Bertz CT molecular complexity index is 185. The first kappa shape index (κ1) is 7.03. The number of hydrogen-bond acceptors (Lipinski definition) is 2. The summed E-state index contributed by atoms with van der Waals surface area (Å²) in [5.41, 5.74) is 0. The van der Waals surface area contributed by atoms with Gasteiger partial charge in [-0.3, -0.25) is 10.1 Å². The fourth-order valence-corrected chi connectivity index (χ4v) is 1.00. The van der Waals surface area contributed by atoms with Crippen LogP contribution in [0, 0.1) is 6.57 Å². The zero-order valence-electron chi connectivity index (χ0n) is 5.37. The Morgan fingerprint density at radius 1 is 1.80 bits per heavy atom. The minimum Gasteiger partial charge on any atom is -0.480 e. The summed E-state index contributed by atoms with van der Waals surface area (Å²) in [6.07, 6.45) is 0.443. The average molecular weight is 140 g/mol. The van der Waals surface area contributed by atoms with Gasteiger partial charge in [0, 0.05) is 0 Å². The van der Waals surface area contributed by atoms with E-state index in [0.717, 1.165) is 0 Å². The van der Waals surface area contributed by atoms with E-state index in [4.69, 9.17) is 11.7 Å². The summed E-state index contributed by atoms with van der Waals surface area (Å²) in [6, 6.07) is -0.639. The molecule has 1 heterocycles. The Balaban J connectivity index is 2.45. The van der Waals surface area contributed by atoms with Crippen LogP contribution in [0.15, 0.2) is 0 Å². The van der Waals surface area contributed by atoms with E-state index in [1.807, 2.05) is 0 Å². The molecule has 0 saturated carbocycles. The smallest absolute Gasteiger partial charge is 0.321 e. The lowest BCUT2D eigenvalue weighted by atomic mass is 10.2. The molecule has 1 aliphatic heterocycles. The van der Waals surface area contributed by atoms with Gasteiger partial charge in [0.2, 0.25) is 6.04 Å². The quantitative estimate of drug-likeness (QED) is 0.492. The van der Waals surface area contributed by atoms with E-state index in [-0.39, 0.29) is 6.04 Å². The van der Waals surface area contributed by atoms with Gasteiger partial charge in [-0.05, 0) is 0 Å². The molecule has 54 valence electrons. The second-order valence-electron chi connectivity index (χ2n) is 2.32. The van der Waals surface area contributed by atoms with Gasteiger partial charge in [0.25, 0.3) is 0 Å². The van der Waals surface area contributed by atoms with E-state index in [9.17, 15) is 4.79 Å². The fourth-order valence-electron chi connectivity index (χ4n) is 1.00. The number of hydrogen-bond donors (Lipinski definition) is 2. The molecule has 2 atom stereocenters. The van der Waals surface area contributed by atoms with Gasteiger partial charge in [-0.2, -0.15) is 0 Å². The van der Waals surface area contributed by atoms with Crippen molar-refractivity contribution in [1.82, 2.24) is 5.32 Å². The summed E-state index contributed by atoms with van der Waals surface area (Å²) in [7, 11) is 0. The highest BCUT2D eigenvalue weighted by Gasteiger charge is 2.32. The van der Waals surface area contributed by atoms with Crippen molar-refractivity contribution in [3.8, 4) is 0 Å². The Morgan fingerprint density at radius 3 is 2.80 bits per heavy atom. The number of aliphatic carboxylic acids is 1. The molecule has 2 N–H and O–H groups in total. The molecule has 0 unspecified atom stereocenters. The number of nitrogens with zero attached hydrogens (tertiary/aromatic N) is 1. The van der Waals surface area contributed by atoms with Crippen LogP contribution in [0.5, 0.6) is 0 Å². The molecule has 1 rings (SSSR count). The average Bonchev–Trinajstić information content (AvgIpc) is 2.34. The van der Waals surface area contributed by atoms with E-state index in [1.165, 1.54) is 0 Å². The molecule has 4 heteroatoms. The second-order valence-corrected chi connectivity index (χ2v) is 2.32. The predicted molar refractivity (Wildman–Crippen MR) is 34.4 cm³/mol. The zero-order valence-corrected chi connectivity index (χ0v) is 5.37. The summed E-state index contributed by atoms with van der Waals surface area (Å²) in [4.78, 5) is 13.5. The highest BCUT2D eigenvalue weighted by Crippen LogP contribution is 2.09. The molecule has 10 heavy (non-hydrogen) atoms. The molecule has 0 aliphatic carbocycles. The maximum absolute atomic E-state index is 10.3. The minimum absolute atomic E-state index is 0.138. The molecule has 1 aliphatic rings. The van der Waals surface area contributed by atoms with Crippen LogP contribution in [0.1, 0.15) is 6.42 Å². The van der Waals surface area contributed by atoms with Crippen LogP contribution >= 0.6 is 0 Å². The molecule has 4 nitrogen and oxygen atoms in total. The maximum Gasteiger partial charge on any atom is 0.321 e. The number of carboxylic acids is 1. The van der Waals surface area contributed by atoms with Crippen molar-refractivity contribution in [2.24, 2.45) is 0 Å². The normalized spacial score (nSPS) is 31.5. The summed E-state index contributed by atoms with van der Waals surface area (Å²) in [6.45, 7) is 7.14. The van der Waals surface area contributed by atoms with E-state index >= 15 is 0 Å². The van der Waals surface area contributed by atoms with Gasteiger partial charge in [-0.25, -0.2) is 6.57 Å². The third kappa shape index (κ3) is 1.25. The van der Waals surface area contributed by atoms with E-state index in [0.29, 0.717) is 13.0 Å². The van der Waals surface area contributed by atoms with Gasteiger partial charge >= 0.3 is 5.97 Å². The van der Waals surface area contributed by atoms with Gasteiger partial charge in [0.05, 0.1) is 13.0 Å². The second kappa shape index (κ2) is 2.67. The first-order valence-corrected chi connectivity index (χ1v) is 3.07. The zero-order chi connectivity index (χ0) is 7.56. The first-order valence-electron chi connectivity index (χ1n) is 3.07. The van der Waals surface area contributed by atoms with Gasteiger partial charge < -0.3 is 9.95 Å². The van der Waals surface area contributed by atoms with Crippen LogP contribution in [0.25, 0.3) is 4.85 Å². The SMILES string of the molecule is [C-]#[N+][C@H]1CN[C@H](C(=O)O)C1. The number of carbonyl (C=O) groups is 1. The molecule has 0 aromatic heterocycles. The summed E-state index contributed by atoms with van der Waals surface area (Å²) in [5.74, 6) is -0.855. The summed E-state index contributed by atoms with van der Waals surface area (Å²) < 4.78 is 0. The Labute approximate surface area is 58.7 Å². The van der Waals surface area contributed by atoms with Crippen LogP contribution in [0.4, 0.5) is 0 Å². The third-order valence-electron chi connectivity index (χ3n) is 1.59. The Kier molecular flexibility index (Phi) is 1.88. The van der Waals surface area contributed by atoms with Crippen molar-refractivity contribution in [3.05, 3.63) is 11.4 Å². The van der Waals surface area contributed by atoms with Gasteiger partial charge in [-0.15, -0.1) is 0 Å². The topological polar surface area (TPSA) is 53.7 Å². The molecule has 0 aromatic rings. The van der Waals surface area contributed by atoms with Gasteiger partial charge in [-0.1, -0.05) is 0 Å². The van der Waals surface area contributed by atoms with Crippen LogP contribution in [0.2, 0.25) is 0 Å². The van der Waals surface area contributed by atoms with E-state index in [1.54, 1.807) is 0 Å². The summed E-state index contributed by atoms with van der Waals surface area (Å²) >= 11 is 0.